The normalized spacial score (nSPS) is 23.1. The van der Waals surface area contributed by atoms with Gasteiger partial charge in [0.1, 0.15) is 11.9 Å². The van der Waals surface area contributed by atoms with Crippen molar-refractivity contribution >= 4 is 28.6 Å². The van der Waals surface area contributed by atoms with E-state index >= 15 is 4.39 Å². The number of thioether (sulfide) groups is 1. The number of likely N-dealkylation sites (tertiary alicyclic amines) is 1. The van der Waals surface area contributed by atoms with Crippen LogP contribution in [0.5, 0.6) is 5.75 Å². The zero-order chi connectivity index (χ0) is 22.5. The second-order valence-corrected chi connectivity index (χ2v) is 10.5. The summed E-state index contributed by atoms with van der Waals surface area (Å²) in [7, 11) is 1.59. The van der Waals surface area contributed by atoms with E-state index in [0.29, 0.717) is 30.7 Å². The molecule has 5 nitrogen and oxygen atoms in total. The molecule has 1 aromatic heterocycles. The number of hydrogen-bond donors (Lipinski definition) is 1. The molecule has 1 aromatic carbocycles. The molecule has 1 aliphatic heterocycles. The van der Waals surface area contributed by atoms with Crippen LogP contribution >= 0.6 is 11.8 Å². The molecule has 174 valence electrons. The van der Waals surface area contributed by atoms with Crippen molar-refractivity contribution < 1.29 is 19.0 Å². The number of nitrogens with zero attached hydrogens (tertiary/aromatic N) is 2. The third-order valence-corrected chi connectivity index (χ3v) is 8.44. The number of methoxy groups -OCH3 is 1. The van der Waals surface area contributed by atoms with Gasteiger partial charge in [-0.3, -0.25) is 9.78 Å². The smallest absolute Gasteiger partial charge is 0.308 e. The molecular formula is C25H33FN2O3S. The number of hydrogen-bond acceptors (Lipinski definition) is 5. The summed E-state index contributed by atoms with van der Waals surface area (Å²) in [5.41, 5.74) is 1.34. The summed E-state index contributed by atoms with van der Waals surface area (Å²) in [6.45, 7) is 2.44. The zero-order valence-electron chi connectivity index (χ0n) is 18.7. The van der Waals surface area contributed by atoms with E-state index in [1.165, 1.54) is 19.3 Å². The van der Waals surface area contributed by atoms with Gasteiger partial charge in [0.05, 0.1) is 18.5 Å². The van der Waals surface area contributed by atoms with Gasteiger partial charge in [0.2, 0.25) is 0 Å². The largest absolute Gasteiger partial charge is 0.497 e. The summed E-state index contributed by atoms with van der Waals surface area (Å²) in [6, 6.07) is 7.21. The topological polar surface area (TPSA) is 62.7 Å². The van der Waals surface area contributed by atoms with Crippen LogP contribution in [-0.2, 0) is 4.79 Å². The number of benzene rings is 1. The lowest BCUT2D eigenvalue weighted by molar-refractivity contribution is -0.146. The molecule has 32 heavy (non-hydrogen) atoms. The van der Waals surface area contributed by atoms with Crippen molar-refractivity contribution in [3.05, 3.63) is 36.0 Å². The monoisotopic (exact) mass is 460 g/mol. The minimum Gasteiger partial charge on any atom is -0.497 e. The van der Waals surface area contributed by atoms with Crippen LogP contribution in [0.15, 0.2) is 30.5 Å². The van der Waals surface area contributed by atoms with Crippen LogP contribution in [0.2, 0.25) is 0 Å². The molecular weight excluding hydrogens is 427 g/mol. The van der Waals surface area contributed by atoms with Crippen LogP contribution in [-0.4, -0.2) is 58.7 Å². The summed E-state index contributed by atoms with van der Waals surface area (Å²) in [5, 5.41) is 11.4. The van der Waals surface area contributed by atoms with Gasteiger partial charge in [-0.1, -0.05) is 6.42 Å². The summed E-state index contributed by atoms with van der Waals surface area (Å²) >= 11 is 2.03. The van der Waals surface area contributed by atoms with Crippen LogP contribution < -0.4 is 4.74 Å². The minimum atomic E-state index is -1.15. The van der Waals surface area contributed by atoms with E-state index in [-0.39, 0.29) is 5.92 Å². The highest BCUT2D eigenvalue weighted by atomic mass is 32.2. The predicted molar refractivity (Wildman–Crippen MR) is 127 cm³/mol. The lowest BCUT2D eigenvalue weighted by Gasteiger charge is -2.37. The number of halogens is 1. The van der Waals surface area contributed by atoms with E-state index in [1.807, 2.05) is 30.0 Å². The molecule has 1 saturated heterocycles. The lowest BCUT2D eigenvalue weighted by Crippen LogP contribution is -2.44. The van der Waals surface area contributed by atoms with Crippen LogP contribution in [0.3, 0.4) is 0 Å². The number of rotatable bonds is 10. The number of aromatic nitrogens is 1. The molecule has 1 unspecified atom stereocenters. The highest BCUT2D eigenvalue weighted by Gasteiger charge is 2.34. The first-order chi connectivity index (χ1) is 15.5. The van der Waals surface area contributed by atoms with Crippen molar-refractivity contribution in [1.82, 2.24) is 9.88 Å². The Kier molecular flexibility index (Phi) is 7.89. The number of carbonyl (C=O) groups is 1. The Hall–Kier alpha value is -1.86. The summed E-state index contributed by atoms with van der Waals surface area (Å²) in [6.07, 6.45) is 6.21. The molecule has 1 N–H and O–H groups in total. The van der Waals surface area contributed by atoms with E-state index in [0.717, 1.165) is 41.4 Å². The van der Waals surface area contributed by atoms with E-state index in [1.54, 1.807) is 19.4 Å². The van der Waals surface area contributed by atoms with Gasteiger partial charge >= 0.3 is 5.97 Å². The molecule has 2 aliphatic rings. The molecule has 1 aliphatic carbocycles. The van der Waals surface area contributed by atoms with Gasteiger partial charge in [-0.25, -0.2) is 4.39 Å². The van der Waals surface area contributed by atoms with Crippen molar-refractivity contribution in [2.24, 2.45) is 11.8 Å². The summed E-state index contributed by atoms with van der Waals surface area (Å²) in [5.74, 6) is 0.601. The molecule has 2 aromatic rings. The molecule has 0 bridgehead atoms. The standard InChI is InChI=1S/C25H33FN2O3S/c1-31-18-6-8-24-21(15-18)20(9-11-27-24)23(26)7-5-17-10-12-28(16-22(17)25(29)30)13-14-32-19-3-2-4-19/h6,8-9,11,15,17,19,22-23H,2-5,7,10,12-14,16H2,1H3,(H,29,30)/t17-,22+,23?/m1/s1. The van der Waals surface area contributed by atoms with Crippen molar-refractivity contribution in [1.29, 1.82) is 0 Å². The third kappa shape index (κ3) is 5.54. The minimum absolute atomic E-state index is 0.0175. The zero-order valence-corrected chi connectivity index (χ0v) is 19.5. The van der Waals surface area contributed by atoms with Gasteiger partial charge in [-0.15, -0.1) is 0 Å². The van der Waals surface area contributed by atoms with Crippen LogP contribution in [0.1, 0.15) is 50.3 Å². The Morgan fingerprint density at radius 3 is 2.91 bits per heavy atom. The molecule has 1 saturated carbocycles. The molecule has 0 amide bonds. The maximum Gasteiger partial charge on any atom is 0.308 e. The van der Waals surface area contributed by atoms with Gasteiger partial charge in [0, 0.05) is 35.7 Å². The number of fused-ring (bicyclic) bond motifs is 1. The lowest BCUT2D eigenvalue weighted by atomic mass is 9.81. The summed E-state index contributed by atoms with van der Waals surface area (Å²) in [4.78, 5) is 18.6. The van der Waals surface area contributed by atoms with E-state index < -0.39 is 18.1 Å². The number of carboxylic acid groups (broad SMARTS) is 1. The maximum atomic E-state index is 15.3. The van der Waals surface area contributed by atoms with E-state index in [2.05, 4.69) is 9.88 Å². The third-order valence-electron chi connectivity index (χ3n) is 7.08. The van der Waals surface area contributed by atoms with Gasteiger partial charge in [-0.05, 0) is 74.4 Å². The molecule has 0 spiro atoms. The molecule has 0 radical (unpaired) electrons. The Bertz CT molecular complexity index is 923. The van der Waals surface area contributed by atoms with Crippen LogP contribution in [0.4, 0.5) is 4.39 Å². The maximum absolute atomic E-state index is 15.3. The van der Waals surface area contributed by atoms with Crippen molar-refractivity contribution in [2.45, 2.75) is 49.9 Å². The fourth-order valence-corrected chi connectivity index (χ4v) is 6.21. The molecule has 4 rings (SSSR count). The van der Waals surface area contributed by atoms with Crippen LogP contribution in [0, 0.1) is 11.8 Å². The van der Waals surface area contributed by atoms with Gasteiger partial charge in [0.25, 0.3) is 0 Å². The first-order valence-electron chi connectivity index (χ1n) is 11.7. The molecule has 2 heterocycles. The number of pyridine rings is 1. The molecule has 7 heteroatoms. The Balaban J connectivity index is 1.34. The van der Waals surface area contributed by atoms with Crippen molar-refractivity contribution in [2.75, 3.05) is 32.5 Å². The Labute approximate surface area is 193 Å². The molecule has 2 fully saturated rings. The fourth-order valence-electron chi connectivity index (χ4n) is 4.84. The number of ether oxygens (including phenoxy) is 1. The van der Waals surface area contributed by atoms with Gasteiger partial charge < -0.3 is 14.7 Å². The Morgan fingerprint density at radius 2 is 2.19 bits per heavy atom. The molecule has 3 atom stereocenters. The highest BCUT2D eigenvalue weighted by Crippen LogP contribution is 2.36. The average Bonchev–Trinajstić information content (AvgIpc) is 2.78. The first kappa shape index (κ1) is 23.3. The number of alkyl halides is 1. The van der Waals surface area contributed by atoms with Crippen LogP contribution in [0.25, 0.3) is 10.9 Å². The number of carboxylic acids is 1. The van der Waals surface area contributed by atoms with Gasteiger partial charge in [-0.2, -0.15) is 11.8 Å². The Morgan fingerprint density at radius 1 is 1.34 bits per heavy atom. The second kappa shape index (κ2) is 10.8. The quantitative estimate of drug-likeness (QED) is 0.516. The highest BCUT2D eigenvalue weighted by molar-refractivity contribution is 7.99. The van der Waals surface area contributed by atoms with Crippen molar-refractivity contribution in [3.63, 3.8) is 0 Å². The number of piperidine rings is 1. The predicted octanol–water partition coefficient (Wildman–Crippen LogP) is 5.34. The van der Waals surface area contributed by atoms with E-state index in [9.17, 15) is 9.90 Å². The van der Waals surface area contributed by atoms with E-state index in [4.69, 9.17) is 4.74 Å². The summed E-state index contributed by atoms with van der Waals surface area (Å²) < 4.78 is 20.6. The fraction of sp³-hybridized carbons (Fsp3) is 0.600. The SMILES string of the molecule is COc1ccc2nccc(C(F)CC[C@@H]3CCN(CCSC4CCC4)C[C@@H]3C(=O)O)c2c1. The van der Waals surface area contributed by atoms with Gasteiger partial charge in [0.15, 0.2) is 0 Å². The number of aliphatic carboxylic acids is 1. The second-order valence-electron chi connectivity index (χ2n) is 9.05. The van der Waals surface area contributed by atoms with Crippen molar-refractivity contribution in [3.8, 4) is 5.75 Å². The first-order valence-corrected chi connectivity index (χ1v) is 12.7. The average molecular weight is 461 g/mol.